The van der Waals surface area contributed by atoms with Crippen molar-refractivity contribution < 1.29 is 0 Å². The molecule has 0 unspecified atom stereocenters. The number of aryl methyl sites for hydroxylation is 2. The van der Waals surface area contributed by atoms with Gasteiger partial charge in [0.25, 0.3) is 0 Å². The Kier molecular flexibility index (Phi) is 2.06. The lowest BCUT2D eigenvalue weighted by Crippen LogP contribution is -1.94. The summed E-state index contributed by atoms with van der Waals surface area (Å²) in [6, 6.07) is 4.32. The maximum Gasteiger partial charge on any atom is 0.0960 e. The first-order chi connectivity index (χ1) is 6.59. The molecule has 74 valence electrons. The zero-order chi connectivity index (χ0) is 10.3. The van der Waals surface area contributed by atoms with Crippen LogP contribution in [-0.2, 0) is 7.05 Å². The van der Waals surface area contributed by atoms with E-state index in [0.29, 0.717) is 5.92 Å². The van der Waals surface area contributed by atoms with Crippen LogP contribution in [0.4, 0.5) is 0 Å². The molecule has 0 radical (unpaired) electrons. The smallest absolute Gasteiger partial charge is 0.0960 e. The van der Waals surface area contributed by atoms with Gasteiger partial charge in [-0.15, -0.1) is 0 Å². The summed E-state index contributed by atoms with van der Waals surface area (Å²) < 4.78 is 1.88. The van der Waals surface area contributed by atoms with Gasteiger partial charge in [0.15, 0.2) is 0 Å². The molecule has 0 amide bonds. The lowest BCUT2D eigenvalue weighted by Gasteiger charge is -2.09. The standard InChI is InChI=1S/C12H16N2/c1-8(2)11-9(3)5-6-10-7-14(4)13-12(10)11/h5-8H,1-4H3. The molecule has 2 aromatic rings. The van der Waals surface area contributed by atoms with Crippen LogP contribution in [0.15, 0.2) is 18.3 Å². The first-order valence-corrected chi connectivity index (χ1v) is 5.02. The monoisotopic (exact) mass is 188 g/mol. The highest BCUT2D eigenvalue weighted by molar-refractivity contribution is 5.83. The van der Waals surface area contributed by atoms with E-state index in [1.807, 2.05) is 11.7 Å². The van der Waals surface area contributed by atoms with Gasteiger partial charge in [-0.1, -0.05) is 26.0 Å². The molecule has 0 aliphatic heterocycles. The molecule has 1 aromatic heterocycles. The molecule has 0 saturated heterocycles. The Bertz CT molecular complexity index is 466. The van der Waals surface area contributed by atoms with Crippen molar-refractivity contribution in [1.29, 1.82) is 0 Å². The predicted molar refractivity (Wildman–Crippen MR) is 59.5 cm³/mol. The van der Waals surface area contributed by atoms with E-state index < -0.39 is 0 Å². The number of nitrogens with zero attached hydrogens (tertiary/aromatic N) is 2. The van der Waals surface area contributed by atoms with Gasteiger partial charge in [0.05, 0.1) is 5.52 Å². The van der Waals surface area contributed by atoms with Crippen LogP contribution in [-0.4, -0.2) is 9.78 Å². The number of benzene rings is 1. The number of hydrogen-bond acceptors (Lipinski definition) is 1. The fourth-order valence-corrected chi connectivity index (χ4v) is 2.06. The van der Waals surface area contributed by atoms with Gasteiger partial charge in [0.2, 0.25) is 0 Å². The predicted octanol–water partition coefficient (Wildman–Crippen LogP) is 3.01. The maximum atomic E-state index is 4.51. The molecule has 0 spiro atoms. The SMILES string of the molecule is Cc1ccc2cn(C)nc2c1C(C)C. The highest BCUT2D eigenvalue weighted by Gasteiger charge is 2.10. The van der Waals surface area contributed by atoms with E-state index in [0.717, 1.165) is 5.52 Å². The van der Waals surface area contributed by atoms with Gasteiger partial charge in [-0.05, 0) is 24.0 Å². The lowest BCUT2D eigenvalue weighted by atomic mass is 9.96. The molecule has 0 aliphatic rings. The van der Waals surface area contributed by atoms with E-state index >= 15 is 0 Å². The van der Waals surface area contributed by atoms with Crippen LogP contribution in [0.3, 0.4) is 0 Å². The number of hydrogen-bond donors (Lipinski definition) is 0. The second-order valence-electron chi connectivity index (χ2n) is 4.19. The summed E-state index contributed by atoms with van der Waals surface area (Å²) >= 11 is 0. The van der Waals surface area contributed by atoms with Crippen LogP contribution in [0.2, 0.25) is 0 Å². The van der Waals surface area contributed by atoms with E-state index in [9.17, 15) is 0 Å². The molecule has 2 heteroatoms. The zero-order valence-electron chi connectivity index (χ0n) is 9.20. The Balaban J connectivity index is 2.82. The van der Waals surface area contributed by atoms with Crippen molar-refractivity contribution in [3.63, 3.8) is 0 Å². The third kappa shape index (κ3) is 1.31. The van der Waals surface area contributed by atoms with Gasteiger partial charge in [-0.25, -0.2) is 0 Å². The third-order valence-electron chi connectivity index (χ3n) is 2.63. The van der Waals surface area contributed by atoms with Crippen molar-refractivity contribution in [1.82, 2.24) is 9.78 Å². The molecule has 0 aliphatic carbocycles. The molecule has 0 fully saturated rings. The van der Waals surface area contributed by atoms with Crippen LogP contribution in [0.25, 0.3) is 10.9 Å². The summed E-state index contributed by atoms with van der Waals surface area (Å²) in [6.45, 7) is 6.59. The quantitative estimate of drug-likeness (QED) is 0.672. The number of rotatable bonds is 1. The summed E-state index contributed by atoms with van der Waals surface area (Å²) in [6.07, 6.45) is 2.07. The molecular formula is C12H16N2. The Hall–Kier alpha value is -1.31. The molecule has 14 heavy (non-hydrogen) atoms. The molecule has 1 heterocycles. The van der Waals surface area contributed by atoms with E-state index in [4.69, 9.17) is 0 Å². The van der Waals surface area contributed by atoms with Crippen molar-refractivity contribution in [2.24, 2.45) is 7.05 Å². The number of fused-ring (bicyclic) bond motifs is 1. The maximum absolute atomic E-state index is 4.51. The number of aromatic nitrogens is 2. The molecule has 0 bridgehead atoms. The first kappa shape index (κ1) is 9.25. The molecule has 0 N–H and O–H groups in total. The summed E-state index contributed by atoms with van der Waals surface area (Å²) in [5.41, 5.74) is 3.87. The Morgan fingerprint density at radius 3 is 2.64 bits per heavy atom. The van der Waals surface area contributed by atoms with Gasteiger partial charge in [0, 0.05) is 18.6 Å². The molecule has 0 saturated carbocycles. The summed E-state index contributed by atoms with van der Waals surface area (Å²) in [4.78, 5) is 0. The first-order valence-electron chi connectivity index (χ1n) is 5.02. The molecular weight excluding hydrogens is 172 g/mol. The molecule has 2 nitrogen and oxygen atoms in total. The van der Waals surface area contributed by atoms with Crippen molar-refractivity contribution in [3.8, 4) is 0 Å². The van der Waals surface area contributed by atoms with Crippen LogP contribution in [0.5, 0.6) is 0 Å². The molecule has 1 aromatic carbocycles. The highest BCUT2D eigenvalue weighted by atomic mass is 15.2. The van der Waals surface area contributed by atoms with Gasteiger partial charge in [-0.2, -0.15) is 5.10 Å². The van der Waals surface area contributed by atoms with Crippen molar-refractivity contribution in [2.75, 3.05) is 0 Å². The van der Waals surface area contributed by atoms with E-state index in [1.54, 1.807) is 0 Å². The van der Waals surface area contributed by atoms with Crippen molar-refractivity contribution >= 4 is 10.9 Å². The Morgan fingerprint density at radius 1 is 1.29 bits per heavy atom. The zero-order valence-corrected chi connectivity index (χ0v) is 9.20. The van der Waals surface area contributed by atoms with Gasteiger partial charge < -0.3 is 0 Å². The highest BCUT2D eigenvalue weighted by Crippen LogP contribution is 2.27. The van der Waals surface area contributed by atoms with Gasteiger partial charge >= 0.3 is 0 Å². The average Bonchev–Trinajstić information content (AvgIpc) is 2.43. The van der Waals surface area contributed by atoms with Crippen LogP contribution < -0.4 is 0 Å². The minimum atomic E-state index is 0.536. The van der Waals surface area contributed by atoms with E-state index in [1.165, 1.54) is 16.5 Å². The van der Waals surface area contributed by atoms with Crippen LogP contribution in [0, 0.1) is 6.92 Å². The minimum absolute atomic E-state index is 0.536. The van der Waals surface area contributed by atoms with E-state index in [-0.39, 0.29) is 0 Å². The fourth-order valence-electron chi connectivity index (χ4n) is 2.06. The molecule has 0 atom stereocenters. The Morgan fingerprint density at radius 2 is 2.00 bits per heavy atom. The minimum Gasteiger partial charge on any atom is -0.275 e. The van der Waals surface area contributed by atoms with E-state index in [2.05, 4.69) is 44.2 Å². The normalized spacial score (nSPS) is 11.5. The van der Waals surface area contributed by atoms with Crippen molar-refractivity contribution in [2.45, 2.75) is 26.7 Å². The largest absolute Gasteiger partial charge is 0.275 e. The summed E-state index contributed by atoms with van der Waals surface area (Å²) in [7, 11) is 1.97. The topological polar surface area (TPSA) is 17.8 Å². The van der Waals surface area contributed by atoms with Gasteiger partial charge in [-0.3, -0.25) is 4.68 Å². The lowest BCUT2D eigenvalue weighted by molar-refractivity contribution is 0.773. The van der Waals surface area contributed by atoms with Crippen LogP contribution in [0.1, 0.15) is 30.9 Å². The summed E-state index contributed by atoms with van der Waals surface area (Å²) in [5, 5.41) is 5.75. The van der Waals surface area contributed by atoms with Crippen LogP contribution >= 0.6 is 0 Å². The summed E-state index contributed by atoms with van der Waals surface area (Å²) in [5.74, 6) is 0.536. The Labute approximate surface area is 84.5 Å². The van der Waals surface area contributed by atoms with Gasteiger partial charge in [0.1, 0.15) is 0 Å². The molecule has 2 rings (SSSR count). The van der Waals surface area contributed by atoms with Crippen molar-refractivity contribution in [3.05, 3.63) is 29.5 Å². The average molecular weight is 188 g/mol. The fraction of sp³-hybridized carbons (Fsp3) is 0.417. The third-order valence-corrected chi connectivity index (χ3v) is 2.63. The second kappa shape index (κ2) is 3.12. The second-order valence-corrected chi connectivity index (χ2v) is 4.19.